The normalized spacial score (nSPS) is 12.0. The number of esters is 1. The first-order chi connectivity index (χ1) is 23.1. The van der Waals surface area contributed by atoms with E-state index in [4.69, 9.17) is 35.3 Å². The summed E-state index contributed by atoms with van der Waals surface area (Å²) in [6, 6.07) is 15.0. The molecular weight excluding hydrogens is 670 g/mol. The standard InChI is InChI=1S/C36H46ClN3O8S/c1-35(2,3)48-32(41)25-45-19-10-18-44-17-8-7-9-20-46-33-26(23-38)21-28(22-31(33)37)36(4,5)27-11-13-30(14-12-27)47-24-29-15-16-39-34(40-29)49(6,42)43/h11-16,21-22H,7-10,17-20,24-25H2,1-6H3. The van der Waals surface area contributed by atoms with E-state index in [1.54, 1.807) is 6.07 Å². The smallest absolute Gasteiger partial charge is 0.332 e. The largest absolute Gasteiger partial charge is 0.491 e. The van der Waals surface area contributed by atoms with E-state index in [-0.39, 0.29) is 24.3 Å². The van der Waals surface area contributed by atoms with Gasteiger partial charge in [-0.15, -0.1) is 0 Å². The van der Waals surface area contributed by atoms with Crippen LogP contribution in [0, 0.1) is 11.3 Å². The maximum Gasteiger partial charge on any atom is 0.332 e. The highest BCUT2D eigenvalue weighted by Crippen LogP contribution is 2.38. The summed E-state index contributed by atoms with van der Waals surface area (Å²) in [6.45, 7) is 11.6. The van der Waals surface area contributed by atoms with Crippen LogP contribution in [0.3, 0.4) is 0 Å². The van der Waals surface area contributed by atoms with Crippen LogP contribution in [0.15, 0.2) is 53.8 Å². The summed E-state index contributed by atoms with van der Waals surface area (Å²) in [5.41, 5.74) is 1.64. The molecule has 0 fully saturated rings. The molecule has 0 N–H and O–H groups in total. The molecule has 13 heteroatoms. The topological polar surface area (TPSA) is 147 Å². The fourth-order valence-electron chi connectivity index (χ4n) is 4.66. The first-order valence-electron chi connectivity index (χ1n) is 16.1. The van der Waals surface area contributed by atoms with E-state index in [9.17, 15) is 18.5 Å². The third kappa shape index (κ3) is 13.2. The van der Waals surface area contributed by atoms with Crippen molar-refractivity contribution in [2.45, 2.75) is 83.1 Å². The number of rotatable bonds is 19. The second-order valence-electron chi connectivity index (χ2n) is 13.0. The molecule has 1 aromatic heterocycles. The van der Waals surface area contributed by atoms with Crippen molar-refractivity contribution < 1.29 is 36.9 Å². The third-order valence-electron chi connectivity index (χ3n) is 7.27. The van der Waals surface area contributed by atoms with Crippen molar-refractivity contribution in [2.75, 3.05) is 39.3 Å². The van der Waals surface area contributed by atoms with E-state index in [1.165, 1.54) is 6.20 Å². The van der Waals surface area contributed by atoms with Crippen LogP contribution >= 0.6 is 11.6 Å². The van der Waals surface area contributed by atoms with Gasteiger partial charge in [0.1, 0.15) is 30.6 Å². The molecule has 266 valence electrons. The average molecular weight is 716 g/mol. The molecule has 0 aliphatic heterocycles. The third-order valence-corrected chi connectivity index (χ3v) is 8.41. The summed E-state index contributed by atoms with van der Waals surface area (Å²) in [5, 5.41) is 10.0. The Balaban J connectivity index is 1.43. The van der Waals surface area contributed by atoms with Crippen molar-refractivity contribution >= 4 is 27.4 Å². The van der Waals surface area contributed by atoms with Crippen molar-refractivity contribution in [3.8, 4) is 17.6 Å². The van der Waals surface area contributed by atoms with E-state index < -0.39 is 20.9 Å². The molecule has 0 atom stereocenters. The maximum atomic E-state index is 11.7. The lowest BCUT2D eigenvalue weighted by atomic mass is 9.77. The van der Waals surface area contributed by atoms with Crippen LogP contribution < -0.4 is 9.47 Å². The predicted molar refractivity (Wildman–Crippen MR) is 186 cm³/mol. The predicted octanol–water partition coefficient (Wildman–Crippen LogP) is 6.62. The van der Waals surface area contributed by atoms with Gasteiger partial charge in [-0.05, 0) is 87.9 Å². The van der Waals surface area contributed by atoms with Gasteiger partial charge in [-0.1, -0.05) is 37.6 Å². The lowest BCUT2D eigenvalue weighted by Crippen LogP contribution is -2.26. The van der Waals surface area contributed by atoms with E-state index >= 15 is 0 Å². The van der Waals surface area contributed by atoms with Crippen molar-refractivity contribution in [1.82, 2.24) is 9.97 Å². The minimum atomic E-state index is -3.52. The summed E-state index contributed by atoms with van der Waals surface area (Å²) in [7, 11) is -3.52. The Morgan fingerprint density at radius 1 is 0.878 bits per heavy atom. The van der Waals surface area contributed by atoms with Crippen molar-refractivity contribution in [3.05, 3.63) is 76.1 Å². The van der Waals surface area contributed by atoms with Crippen LogP contribution in [0.25, 0.3) is 0 Å². The number of aromatic nitrogens is 2. The molecule has 0 saturated heterocycles. The number of sulfone groups is 1. The van der Waals surface area contributed by atoms with Gasteiger partial charge in [0.05, 0.1) is 22.9 Å². The summed E-state index contributed by atoms with van der Waals surface area (Å²) in [4.78, 5) is 19.5. The molecule has 0 unspecified atom stereocenters. The second-order valence-corrected chi connectivity index (χ2v) is 15.3. The number of ether oxygens (including phenoxy) is 5. The molecule has 0 amide bonds. The van der Waals surface area contributed by atoms with Gasteiger partial charge in [-0.25, -0.2) is 23.2 Å². The van der Waals surface area contributed by atoms with Gasteiger partial charge in [0, 0.05) is 37.7 Å². The molecule has 0 radical (unpaired) electrons. The maximum absolute atomic E-state index is 11.7. The zero-order valence-corrected chi connectivity index (χ0v) is 30.7. The fraction of sp³-hybridized carbons (Fsp3) is 0.500. The zero-order chi connectivity index (χ0) is 36.1. The molecule has 3 aromatic rings. The van der Waals surface area contributed by atoms with Crippen molar-refractivity contribution in [1.29, 1.82) is 5.26 Å². The van der Waals surface area contributed by atoms with Gasteiger partial charge < -0.3 is 23.7 Å². The average Bonchev–Trinajstić information content (AvgIpc) is 3.03. The monoisotopic (exact) mass is 715 g/mol. The van der Waals surface area contributed by atoms with Crippen LogP contribution in [-0.4, -0.2) is 69.2 Å². The Labute approximate surface area is 294 Å². The van der Waals surface area contributed by atoms with Gasteiger partial charge in [-0.3, -0.25) is 0 Å². The SMILES string of the molecule is CC(C)(C)OC(=O)COCCCOCCCCCOc1c(Cl)cc(C(C)(C)c2ccc(OCc3ccnc(S(C)(=O)=O)n3)cc2)cc1C#N. The number of nitriles is 1. The number of benzene rings is 2. The number of hydrogen-bond donors (Lipinski definition) is 0. The number of hydrogen-bond acceptors (Lipinski definition) is 11. The van der Waals surface area contributed by atoms with E-state index in [0.29, 0.717) is 60.6 Å². The summed E-state index contributed by atoms with van der Waals surface area (Å²) in [5.74, 6) is 0.589. The number of carbonyl (C=O) groups is 1. The van der Waals surface area contributed by atoms with Crippen molar-refractivity contribution in [3.63, 3.8) is 0 Å². The van der Waals surface area contributed by atoms with Gasteiger partial charge in [0.15, 0.2) is 5.75 Å². The van der Waals surface area contributed by atoms with Crippen LogP contribution in [0.1, 0.15) is 82.7 Å². The van der Waals surface area contributed by atoms with E-state index in [1.807, 2.05) is 71.0 Å². The number of unbranched alkanes of at least 4 members (excludes halogenated alkanes) is 2. The number of nitrogens with zero attached hydrogens (tertiary/aromatic N) is 3. The zero-order valence-electron chi connectivity index (χ0n) is 29.1. The Morgan fingerprint density at radius 2 is 1.55 bits per heavy atom. The minimum absolute atomic E-state index is 0.0631. The quantitative estimate of drug-likeness (QED) is 0.0749. The van der Waals surface area contributed by atoms with Gasteiger partial charge >= 0.3 is 5.97 Å². The van der Waals surface area contributed by atoms with Gasteiger partial charge in [-0.2, -0.15) is 5.26 Å². The lowest BCUT2D eigenvalue weighted by molar-refractivity contribution is -0.160. The molecule has 0 aliphatic rings. The molecule has 1 heterocycles. The first kappa shape index (κ1) is 39.7. The fourth-order valence-corrected chi connectivity index (χ4v) is 5.47. The summed E-state index contributed by atoms with van der Waals surface area (Å²) < 4.78 is 51.4. The molecule has 49 heavy (non-hydrogen) atoms. The Hall–Kier alpha value is -3.76. The molecule has 0 spiro atoms. The molecule has 0 bridgehead atoms. The van der Waals surface area contributed by atoms with E-state index in [2.05, 4.69) is 16.0 Å². The van der Waals surface area contributed by atoms with Crippen LogP contribution in [0.4, 0.5) is 0 Å². The van der Waals surface area contributed by atoms with Gasteiger partial charge in [0.2, 0.25) is 15.0 Å². The number of carbonyl (C=O) groups excluding carboxylic acids is 1. The molecule has 0 saturated carbocycles. The number of halogens is 1. The Morgan fingerprint density at radius 3 is 2.22 bits per heavy atom. The second kappa shape index (κ2) is 18.3. The van der Waals surface area contributed by atoms with Crippen LogP contribution in [0.5, 0.6) is 11.5 Å². The van der Waals surface area contributed by atoms with E-state index in [0.717, 1.165) is 36.6 Å². The molecule has 3 rings (SSSR count). The van der Waals surface area contributed by atoms with Crippen molar-refractivity contribution in [2.24, 2.45) is 0 Å². The first-order valence-corrected chi connectivity index (χ1v) is 18.4. The molecular formula is C36H46ClN3O8S. The van der Waals surface area contributed by atoms with Crippen LogP contribution in [-0.2, 0) is 40.9 Å². The molecule has 11 nitrogen and oxygen atoms in total. The highest BCUT2D eigenvalue weighted by Gasteiger charge is 2.26. The Bertz CT molecular complexity index is 1680. The van der Waals surface area contributed by atoms with Gasteiger partial charge in [0.25, 0.3) is 0 Å². The summed E-state index contributed by atoms with van der Waals surface area (Å²) >= 11 is 6.65. The lowest BCUT2D eigenvalue weighted by Gasteiger charge is -2.27. The minimum Gasteiger partial charge on any atom is -0.491 e. The molecule has 2 aromatic carbocycles. The summed E-state index contributed by atoms with van der Waals surface area (Å²) in [6.07, 6.45) is 5.67. The highest BCUT2D eigenvalue weighted by molar-refractivity contribution is 7.90. The highest BCUT2D eigenvalue weighted by atomic mass is 35.5. The molecule has 0 aliphatic carbocycles. The Kier molecular flexibility index (Phi) is 14.8. The van der Waals surface area contributed by atoms with Crippen LogP contribution in [0.2, 0.25) is 5.02 Å².